The van der Waals surface area contributed by atoms with Crippen LogP contribution >= 0.6 is 15.9 Å². The lowest BCUT2D eigenvalue weighted by molar-refractivity contribution is 0.229. The SMILES string of the molecule is CC(C)=CC(O)c1ccc(Br)c2cccnc12. The Hall–Kier alpha value is -1.19. The number of pyridine rings is 1. The van der Waals surface area contributed by atoms with Gasteiger partial charge in [0.25, 0.3) is 0 Å². The van der Waals surface area contributed by atoms with E-state index in [1.165, 1.54) is 0 Å². The molecule has 3 heteroatoms. The number of aromatic nitrogens is 1. The lowest BCUT2D eigenvalue weighted by atomic mass is 10.0. The number of fused-ring (bicyclic) bond motifs is 1. The minimum absolute atomic E-state index is 0.606. The van der Waals surface area contributed by atoms with Gasteiger partial charge in [0.2, 0.25) is 0 Å². The van der Waals surface area contributed by atoms with Crippen molar-refractivity contribution in [1.82, 2.24) is 4.98 Å². The van der Waals surface area contributed by atoms with Gasteiger partial charge in [0.05, 0.1) is 11.6 Å². The molecule has 1 atom stereocenters. The lowest BCUT2D eigenvalue weighted by Crippen LogP contribution is -1.97. The van der Waals surface area contributed by atoms with E-state index in [1.54, 1.807) is 6.20 Å². The van der Waals surface area contributed by atoms with Gasteiger partial charge < -0.3 is 5.11 Å². The topological polar surface area (TPSA) is 33.1 Å². The first-order valence-corrected chi connectivity index (χ1v) is 6.25. The molecular weight excluding hydrogens is 278 g/mol. The Labute approximate surface area is 109 Å². The molecule has 1 unspecified atom stereocenters. The Balaban J connectivity index is 2.63. The first-order chi connectivity index (χ1) is 8.09. The van der Waals surface area contributed by atoms with Crippen molar-refractivity contribution in [3.8, 4) is 0 Å². The molecule has 88 valence electrons. The molecule has 1 aromatic heterocycles. The van der Waals surface area contributed by atoms with Gasteiger partial charge in [-0.1, -0.05) is 39.7 Å². The average molecular weight is 292 g/mol. The van der Waals surface area contributed by atoms with Crippen LogP contribution in [-0.2, 0) is 0 Å². The molecular formula is C14H14BrNO. The second-order valence-electron chi connectivity index (χ2n) is 4.23. The van der Waals surface area contributed by atoms with Crippen LogP contribution in [0.15, 0.2) is 46.6 Å². The summed E-state index contributed by atoms with van der Waals surface area (Å²) in [6.45, 7) is 3.94. The van der Waals surface area contributed by atoms with E-state index in [0.29, 0.717) is 0 Å². The predicted molar refractivity (Wildman–Crippen MR) is 73.8 cm³/mol. The highest BCUT2D eigenvalue weighted by molar-refractivity contribution is 9.10. The second-order valence-corrected chi connectivity index (χ2v) is 5.08. The van der Waals surface area contributed by atoms with Gasteiger partial charge in [0, 0.05) is 21.6 Å². The molecule has 0 bridgehead atoms. The van der Waals surface area contributed by atoms with Gasteiger partial charge in [-0.25, -0.2) is 0 Å². The zero-order chi connectivity index (χ0) is 12.4. The van der Waals surface area contributed by atoms with Crippen LogP contribution in [0.4, 0.5) is 0 Å². The van der Waals surface area contributed by atoms with Crippen molar-refractivity contribution in [3.05, 3.63) is 52.1 Å². The van der Waals surface area contributed by atoms with Crippen molar-refractivity contribution in [2.45, 2.75) is 20.0 Å². The molecule has 0 aliphatic rings. The number of aliphatic hydroxyl groups excluding tert-OH is 1. The van der Waals surface area contributed by atoms with Crippen LogP contribution in [0, 0.1) is 0 Å². The maximum absolute atomic E-state index is 10.1. The molecule has 0 aliphatic carbocycles. The molecule has 0 saturated carbocycles. The Morgan fingerprint density at radius 3 is 2.82 bits per heavy atom. The van der Waals surface area contributed by atoms with E-state index in [4.69, 9.17) is 0 Å². The highest BCUT2D eigenvalue weighted by atomic mass is 79.9. The monoisotopic (exact) mass is 291 g/mol. The van der Waals surface area contributed by atoms with Gasteiger partial charge in [-0.05, 0) is 26.0 Å². The summed E-state index contributed by atoms with van der Waals surface area (Å²) in [4.78, 5) is 4.35. The molecule has 1 aromatic carbocycles. The van der Waals surface area contributed by atoms with Crippen LogP contribution in [-0.4, -0.2) is 10.1 Å². The van der Waals surface area contributed by atoms with E-state index in [2.05, 4.69) is 20.9 Å². The summed E-state index contributed by atoms with van der Waals surface area (Å²) in [5.74, 6) is 0. The van der Waals surface area contributed by atoms with Crippen molar-refractivity contribution in [2.24, 2.45) is 0 Å². The smallest absolute Gasteiger partial charge is 0.0995 e. The van der Waals surface area contributed by atoms with E-state index in [-0.39, 0.29) is 0 Å². The fraction of sp³-hybridized carbons (Fsp3) is 0.214. The van der Waals surface area contributed by atoms with Gasteiger partial charge in [0.1, 0.15) is 0 Å². The molecule has 0 saturated heterocycles. The van der Waals surface area contributed by atoms with Crippen LogP contribution in [0.3, 0.4) is 0 Å². The second kappa shape index (κ2) is 4.98. The quantitative estimate of drug-likeness (QED) is 0.849. The molecule has 2 nitrogen and oxygen atoms in total. The highest BCUT2D eigenvalue weighted by Crippen LogP contribution is 2.29. The van der Waals surface area contributed by atoms with Crippen molar-refractivity contribution >= 4 is 26.8 Å². The van der Waals surface area contributed by atoms with Gasteiger partial charge in [-0.15, -0.1) is 0 Å². The molecule has 0 radical (unpaired) electrons. The van der Waals surface area contributed by atoms with Crippen molar-refractivity contribution in [1.29, 1.82) is 0 Å². The summed E-state index contributed by atoms with van der Waals surface area (Å²) < 4.78 is 0.994. The van der Waals surface area contributed by atoms with E-state index in [0.717, 1.165) is 26.5 Å². The minimum Gasteiger partial charge on any atom is -0.384 e. The van der Waals surface area contributed by atoms with Crippen molar-refractivity contribution in [2.75, 3.05) is 0 Å². The number of allylic oxidation sites excluding steroid dienone is 1. The number of aliphatic hydroxyl groups is 1. The summed E-state index contributed by atoms with van der Waals surface area (Å²) in [6.07, 6.45) is 2.97. The fourth-order valence-electron chi connectivity index (χ4n) is 1.80. The van der Waals surface area contributed by atoms with Gasteiger partial charge in [-0.2, -0.15) is 0 Å². The van der Waals surface area contributed by atoms with Crippen LogP contribution in [0.2, 0.25) is 0 Å². The first kappa shape index (κ1) is 12.3. The Kier molecular flexibility index (Phi) is 3.60. The average Bonchev–Trinajstić information content (AvgIpc) is 2.29. The Bertz CT molecular complexity index is 573. The third kappa shape index (κ3) is 2.56. The maximum atomic E-state index is 10.1. The summed E-state index contributed by atoms with van der Waals surface area (Å²) in [5, 5.41) is 11.2. The third-order valence-electron chi connectivity index (χ3n) is 2.56. The van der Waals surface area contributed by atoms with E-state index in [9.17, 15) is 5.11 Å². The third-order valence-corrected chi connectivity index (χ3v) is 3.25. The number of hydrogen-bond donors (Lipinski definition) is 1. The largest absolute Gasteiger partial charge is 0.384 e. The van der Waals surface area contributed by atoms with E-state index < -0.39 is 6.10 Å². The first-order valence-electron chi connectivity index (χ1n) is 5.46. The van der Waals surface area contributed by atoms with Crippen LogP contribution in [0.25, 0.3) is 10.9 Å². The van der Waals surface area contributed by atoms with E-state index in [1.807, 2.05) is 44.2 Å². The fourth-order valence-corrected chi connectivity index (χ4v) is 2.26. The van der Waals surface area contributed by atoms with E-state index >= 15 is 0 Å². The van der Waals surface area contributed by atoms with Crippen LogP contribution in [0.5, 0.6) is 0 Å². The normalized spacial score (nSPS) is 12.5. The molecule has 1 heterocycles. The molecule has 17 heavy (non-hydrogen) atoms. The van der Waals surface area contributed by atoms with Crippen LogP contribution < -0.4 is 0 Å². The van der Waals surface area contributed by atoms with Crippen molar-refractivity contribution in [3.63, 3.8) is 0 Å². The predicted octanol–water partition coefficient (Wildman–Crippen LogP) is 4.00. The molecule has 1 N–H and O–H groups in total. The van der Waals surface area contributed by atoms with Gasteiger partial charge in [-0.3, -0.25) is 4.98 Å². The molecule has 0 spiro atoms. The summed E-state index contributed by atoms with van der Waals surface area (Å²) in [5.41, 5.74) is 2.77. The summed E-state index contributed by atoms with van der Waals surface area (Å²) in [6, 6.07) is 7.74. The number of benzene rings is 1. The summed E-state index contributed by atoms with van der Waals surface area (Å²) >= 11 is 3.49. The molecule has 2 rings (SSSR count). The standard InChI is InChI=1S/C14H14BrNO/c1-9(2)8-13(17)11-5-6-12(15)10-4-3-7-16-14(10)11/h3-8,13,17H,1-2H3. The minimum atomic E-state index is -0.606. The molecule has 0 amide bonds. The number of nitrogens with zero attached hydrogens (tertiary/aromatic N) is 1. The maximum Gasteiger partial charge on any atom is 0.0995 e. The number of halogens is 1. The number of hydrogen-bond acceptors (Lipinski definition) is 2. The van der Waals surface area contributed by atoms with Gasteiger partial charge >= 0.3 is 0 Å². The zero-order valence-corrected chi connectivity index (χ0v) is 11.4. The van der Waals surface area contributed by atoms with Crippen LogP contribution in [0.1, 0.15) is 25.5 Å². The van der Waals surface area contributed by atoms with Crippen molar-refractivity contribution < 1.29 is 5.11 Å². The molecule has 2 aromatic rings. The molecule has 0 fully saturated rings. The number of rotatable bonds is 2. The highest BCUT2D eigenvalue weighted by Gasteiger charge is 2.11. The summed E-state index contributed by atoms with van der Waals surface area (Å²) in [7, 11) is 0. The Morgan fingerprint density at radius 2 is 2.12 bits per heavy atom. The lowest BCUT2D eigenvalue weighted by Gasteiger charge is -2.11. The zero-order valence-electron chi connectivity index (χ0n) is 9.81. The Morgan fingerprint density at radius 1 is 1.35 bits per heavy atom. The molecule has 0 aliphatic heterocycles. The van der Waals surface area contributed by atoms with Gasteiger partial charge in [0.15, 0.2) is 0 Å².